The molecular weight excluding hydrogens is 387 g/mol. The highest BCUT2D eigenvalue weighted by atomic mass is 19.1. The second-order valence-electron chi connectivity index (χ2n) is 8.24. The van der Waals surface area contributed by atoms with Gasteiger partial charge in [0.15, 0.2) is 12.0 Å². The van der Waals surface area contributed by atoms with Crippen LogP contribution in [0.2, 0.25) is 0 Å². The van der Waals surface area contributed by atoms with E-state index in [1.807, 2.05) is 13.0 Å². The van der Waals surface area contributed by atoms with Gasteiger partial charge in [-0.25, -0.2) is 14.4 Å². The number of fused-ring (bicyclic) bond motifs is 2. The number of nitrogens with one attached hydrogen (secondary N) is 1. The summed E-state index contributed by atoms with van der Waals surface area (Å²) in [7, 11) is 0. The number of benzene rings is 1. The number of phenols is 1. The minimum absolute atomic E-state index is 0.0274. The molecular formula is C21H23FN6O2. The van der Waals surface area contributed by atoms with E-state index in [-0.39, 0.29) is 23.5 Å². The zero-order valence-electron chi connectivity index (χ0n) is 16.6. The molecule has 2 aromatic heterocycles. The Kier molecular flexibility index (Phi) is 4.62. The normalized spacial score (nSPS) is 28.3. The molecule has 0 amide bonds. The average Bonchev–Trinajstić information content (AvgIpc) is 3.28. The predicted molar refractivity (Wildman–Crippen MR) is 107 cm³/mol. The molecule has 4 heterocycles. The van der Waals surface area contributed by atoms with Crippen molar-refractivity contribution in [3.8, 4) is 28.7 Å². The van der Waals surface area contributed by atoms with Crippen LogP contribution in [0.3, 0.4) is 0 Å². The van der Waals surface area contributed by atoms with Gasteiger partial charge in [-0.15, -0.1) is 10.2 Å². The highest BCUT2D eigenvalue weighted by Gasteiger charge is 2.49. The van der Waals surface area contributed by atoms with Crippen molar-refractivity contribution in [3.05, 3.63) is 43.1 Å². The fraction of sp³-hybridized carbons (Fsp3) is 0.429. The molecule has 2 N–H and O–H groups in total. The number of phenolic OH excluding ortho intramolecular Hbond substituents is 1. The highest BCUT2D eigenvalue weighted by molar-refractivity contribution is 5.65. The minimum atomic E-state index is -1.13. The molecule has 5 rings (SSSR count). The Hall–Kier alpha value is -3.07. The highest BCUT2D eigenvalue weighted by Crippen LogP contribution is 2.37. The van der Waals surface area contributed by atoms with E-state index in [0.717, 1.165) is 24.9 Å². The van der Waals surface area contributed by atoms with Gasteiger partial charge in [-0.05, 0) is 38.3 Å². The van der Waals surface area contributed by atoms with Gasteiger partial charge < -0.3 is 19.7 Å². The van der Waals surface area contributed by atoms with E-state index in [1.165, 1.54) is 6.20 Å². The molecule has 0 aliphatic carbocycles. The Morgan fingerprint density at radius 3 is 2.97 bits per heavy atom. The average molecular weight is 410 g/mol. The number of piperidine rings is 2. The molecule has 3 aromatic rings. The first kappa shape index (κ1) is 18.9. The minimum Gasteiger partial charge on any atom is -0.507 e. The Morgan fingerprint density at radius 1 is 1.33 bits per heavy atom. The molecule has 2 aliphatic rings. The SMILES string of the molecule is C[C@]12CCC[C@H](C[C@@H](Oc3cnc(-c4ccc(-n5ccnc5)cc4O)nn3)[C@H]1F)N2. The van der Waals surface area contributed by atoms with Crippen LogP contribution in [-0.4, -0.2) is 53.7 Å². The van der Waals surface area contributed by atoms with E-state index in [9.17, 15) is 5.11 Å². The lowest BCUT2D eigenvalue weighted by Gasteiger charge is -2.49. The third-order valence-electron chi connectivity index (χ3n) is 6.07. The number of ether oxygens (including phenoxy) is 1. The molecule has 156 valence electrons. The van der Waals surface area contributed by atoms with Gasteiger partial charge >= 0.3 is 0 Å². The van der Waals surface area contributed by atoms with E-state index < -0.39 is 17.8 Å². The number of alkyl halides is 1. The molecule has 2 fully saturated rings. The molecule has 2 saturated heterocycles. The quantitative estimate of drug-likeness (QED) is 0.682. The fourth-order valence-corrected chi connectivity index (χ4v) is 4.52. The summed E-state index contributed by atoms with van der Waals surface area (Å²) < 4.78 is 22.7. The zero-order valence-corrected chi connectivity index (χ0v) is 16.6. The van der Waals surface area contributed by atoms with Gasteiger partial charge in [0.25, 0.3) is 5.88 Å². The Bertz CT molecular complexity index is 1030. The second kappa shape index (κ2) is 7.32. The summed E-state index contributed by atoms with van der Waals surface area (Å²) in [5.74, 6) is 0.479. The summed E-state index contributed by atoms with van der Waals surface area (Å²) >= 11 is 0. The molecule has 1 aromatic carbocycles. The molecule has 4 atom stereocenters. The summed E-state index contributed by atoms with van der Waals surface area (Å²) in [6.45, 7) is 1.92. The van der Waals surface area contributed by atoms with E-state index in [0.29, 0.717) is 12.0 Å². The molecule has 0 saturated carbocycles. The smallest absolute Gasteiger partial charge is 0.252 e. The van der Waals surface area contributed by atoms with Gasteiger partial charge in [-0.1, -0.05) is 0 Å². The largest absolute Gasteiger partial charge is 0.507 e. The van der Waals surface area contributed by atoms with Crippen LogP contribution in [0, 0.1) is 0 Å². The number of aromatic hydroxyl groups is 1. The lowest BCUT2D eigenvalue weighted by Crippen LogP contribution is -2.66. The van der Waals surface area contributed by atoms with Crippen LogP contribution in [0.15, 0.2) is 43.1 Å². The van der Waals surface area contributed by atoms with Crippen LogP contribution in [0.4, 0.5) is 4.39 Å². The van der Waals surface area contributed by atoms with Gasteiger partial charge in [0.05, 0.1) is 29.3 Å². The van der Waals surface area contributed by atoms with Gasteiger partial charge in [0, 0.05) is 30.9 Å². The predicted octanol–water partition coefficient (Wildman–Crippen LogP) is 2.82. The maximum atomic E-state index is 15.0. The fourth-order valence-electron chi connectivity index (χ4n) is 4.52. The van der Waals surface area contributed by atoms with Crippen molar-refractivity contribution in [2.75, 3.05) is 0 Å². The van der Waals surface area contributed by atoms with Crippen molar-refractivity contribution in [1.82, 2.24) is 30.0 Å². The van der Waals surface area contributed by atoms with Crippen molar-refractivity contribution in [1.29, 1.82) is 0 Å². The number of aromatic nitrogens is 5. The molecule has 9 heteroatoms. The second-order valence-corrected chi connectivity index (χ2v) is 8.24. The van der Waals surface area contributed by atoms with Crippen molar-refractivity contribution >= 4 is 0 Å². The maximum Gasteiger partial charge on any atom is 0.252 e. The molecule has 0 radical (unpaired) electrons. The van der Waals surface area contributed by atoms with Crippen LogP contribution in [0.25, 0.3) is 17.1 Å². The van der Waals surface area contributed by atoms with Gasteiger partial charge in [-0.3, -0.25) is 0 Å². The monoisotopic (exact) mass is 410 g/mol. The van der Waals surface area contributed by atoms with E-state index in [4.69, 9.17) is 4.74 Å². The summed E-state index contributed by atoms with van der Waals surface area (Å²) in [6.07, 6.45) is 8.26. The number of hydrogen-bond donors (Lipinski definition) is 2. The first-order chi connectivity index (χ1) is 14.5. The van der Waals surface area contributed by atoms with Crippen LogP contribution in [0.1, 0.15) is 32.6 Å². The first-order valence-electron chi connectivity index (χ1n) is 10.1. The molecule has 0 unspecified atom stereocenters. The van der Waals surface area contributed by atoms with Crippen LogP contribution in [-0.2, 0) is 0 Å². The molecule has 30 heavy (non-hydrogen) atoms. The standard InChI is InChI=1S/C21H23FN6O2/c1-21-6-2-3-13(25-21)9-17(19(21)22)30-18-11-24-20(27-26-18)15-5-4-14(10-16(15)29)28-8-7-23-12-28/h4-5,7-8,10-13,17,19,25,29H,2-3,6,9H2,1H3/t13-,17-,19-,21+/m1/s1. The molecule has 0 spiro atoms. The third-order valence-corrected chi connectivity index (χ3v) is 6.07. The Labute approximate surface area is 173 Å². The molecule has 2 aliphatic heterocycles. The Balaban J connectivity index is 1.32. The van der Waals surface area contributed by atoms with Crippen molar-refractivity contribution < 1.29 is 14.2 Å². The van der Waals surface area contributed by atoms with Crippen molar-refractivity contribution in [2.24, 2.45) is 0 Å². The topological polar surface area (TPSA) is 98.0 Å². The van der Waals surface area contributed by atoms with Crippen LogP contribution >= 0.6 is 0 Å². The third kappa shape index (κ3) is 3.39. The first-order valence-corrected chi connectivity index (χ1v) is 10.1. The number of halogens is 1. The summed E-state index contributed by atoms with van der Waals surface area (Å²) in [6, 6.07) is 5.40. The number of nitrogens with zero attached hydrogens (tertiary/aromatic N) is 5. The van der Waals surface area contributed by atoms with Gasteiger partial charge in [0.2, 0.25) is 0 Å². The van der Waals surface area contributed by atoms with E-state index in [1.54, 1.807) is 35.4 Å². The Morgan fingerprint density at radius 2 is 2.23 bits per heavy atom. The van der Waals surface area contributed by atoms with E-state index in [2.05, 4.69) is 25.5 Å². The van der Waals surface area contributed by atoms with Gasteiger partial charge in [-0.2, -0.15) is 0 Å². The number of imidazole rings is 1. The van der Waals surface area contributed by atoms with Crippen molar-refractivity contribution in [2.45, 2.75) is 56.5 Å². The lowest BCUT2D eigenvalue weighted by atomic mass is 9.75. The summed E-state index contributed by atoms with van der Waals surface area (Å²) in [5.41, 5.74) is 0.654. The van der Waals surface area contributed by atoms with E-state index >= 15 is 4.39 Å². The zero-order chi connectivity index (χ0) is 20.7. The molecule has 2 bridgehead atoms. The lowest BCUT2D eigenvalue weighted by molar-refractivity contribution is -0.0350. The summed E-state index contributed by atoms with van der Waals surface area (Å²) in [5, 5.41) is 22.0. The van der Waals surface area contributed by atoms with Gasteiger partial charge in [0.1, 0.15) is 11.9 Å². The maximum absolute atomic E-state index is 15.0. The number of hydrogen-bond acceptors (Lipinski definition) is 7. The van der Waals surface area contributed by atoms with Crippen LogP contribution in [0.5, 0.6) is 11.6 Å². The summed E-state index contributed by atoms with van der Waals surface area (Å²) in [4.78, 5) is 8.26. The molecule has 8 nitrogen and oxygen atoms in total. The van der Waals surface area contributed by atoms with Crippen LogP contribution < -0.4 is 10.1 Å². The number of rotatable bonds is 4. The van der Waals surface area contributed by atoms with Crippen molar-refractivity contribution in [3.63, 3.8) is 0 Å².